The Balaban J connectivity index is 0.000000152. The van der Waals surface area contributed by atoms with Crippen molar-refractivity contribution in [1.82, 2.24) is 0 Å². The lowest BCUT2D eigenvalue weighted by atomic mass is 9.70. The maximum atomic E-state index is 13.0. The second-order valence-electron chi connectivity index (χ2n) is 34.0. The van der Waals surface area contributed by atoms with Gasteiger partial charge in [-0.3, -0.25) is 33.6 Å². The van der Waals surface area contributed by atoms with Crippen molar-refractivity contribution >= 4 is 104 Å². The molecule has 0 spiro atoms. The van der Waals surface area contributed by atoms with E-state index in [2.05, 4.69) is 153 Å². The van der Waals surface area contributed by atoms with E-state index in [4.69, 9.17) is 28.4 Å². The molecule has 2 saturated heterocycles. The van der Waals surface area contributed by atoms with E-state index in [9.17, 15) is 80.9 Å². The van der Waals surface area contributed by atoms with Crippen molar-refractivity contribution in [3.63, 3.8) is 0 Å². The number of hydrogen-bond acceptors (Lipinski definition) is 24. The minimum absolute atomic E-state index is 0.0146. The summed E-state index contributed by atoms with van der Waals surface area (Å²) in [5, 5.41) is -4.53. The van der Waals surface area contributed by atoms with Crippen LogP contribution in [0.5, 0.6) is 0 Å². The van der Waals surface area contributed by atoms with Crippen molar-refractivity contribution in [2.75, 3.05) is 19.0 Å². The number of unbranched alkanes of at least 4 members (excludes halogenated alkanes) is 2. The molecule has 30 heteroatoms. The predicted octanol–water partition coefficient (Wildman–Crippen LogP) is 14.7. The molecule has 24 nitrogen and oxygen atoms in total. The molecule has 6 aromatic carbocycles. The summed E-state index contributed by atoms with van der Waals surface area (Å²) < 4.78 is 160. The van der Waals surface area contributed by atoms with E-state index < -0.39 is 123 Å². The second kappa shape index (κ2) is 42.0. The van der Waals surface area contributed by atoms with Crippen LogP contribution in [0.3, 0.4) is 0 Å². The molecule has 15 rings (SSSR count). The number of benzene rings is 6. The highest BCUT2D eigenvalue weighted by atomic mass is 32.2. The lowest BCUT2D eigenvalue weighted by molar-refractivity contribution is -0.166. The maximum absolute atomic E-state index is 13.0. The van der Waals surface area contributed by atoms with Crippen molar-refractivity contribution in [3.8, 4) is 0 Å². The van der Waals surface area contributed by atoms with Gasteiger partial charge in [0.25, 0.3) is 0 Å². The van der Waals surface area contributed by atoms with Crippen LogP contribution >= 0.6 is 0 Å². The molecule has 7 saturated carbocycles. The highest BCUT2D eigenvalue weighted by Gasteiger charge is 2.66. The Morgan fingerprint density at radius 3 is 1.25 bits per heavy atom. The van der Waals surface area contributed by atoms with Gasteiger partial charge in [-0.15, -0.1) is 0 Å². The highest BCUT2D eigenvalue weighted by molar-refractivity contribution is 7.97. The number of Topliss-reactive ketones (excluding diaryl/α,β-unsaturated/α-hetero) is 1. The molecule has 0 amide bonds. The maximum Gasteiger partial charge on any atom is 0.324 e. The molecule has 7 aliphatic carbocycles. The van der Waals surface area contributed by atoms with Gasteiger partial charge in [-0.25, -0.2) is 33.7 Å². The average Bonchev–Trinajstić information content (AvgIpc) is 1.55. The molecule has 16 atom stereocenters. The van der Waals surface area contributed by atoms with Crippen molar-refractivity contribution in [3.05, 3.63) is 176 Å². The first kappa shape index (κ1) is 94.9. The summed E-state index contributed by atoms with van der Waals surface area (Å²) >= 11 is 0. The fraction of sp³-hybridized carbons (Fsp3) is 0.533. The molecular weight excluding hydrogens is 1680 g/mol. The summed E-state index contributed by atoms with van der Waals surface area (Å²) in [5.74, 6) is -5.79. The van der Waals surface area contributed by atoms with Crippen LogP contribution in [-0.4, -0.2) is 148 Å². The van der Waals surface area contributed by atoms with Crippen LogP contribution in [-0.2, 0) is 124 Å². The summed E-state index contributed by atoms with van der Waals surface area (Å²) in [5.41, 5.74) is -1.22. The number of carbonyl (C=O) groups is 7. The summed E-state index contributed by atoms with van der Waals surface area (Å²) in [6, 6.07) is 60.6. The minimum Gasteiger partial charge on any atom is -0.748 e. The number of fused-ring (bicyclic) bond motifs is 4. The fourth-order valence-corrected chi connectivity index (χ4v) is 27.7. The number of esters is 6. The molecule has 2 heterocycles. The quantitative estimate of drug-likeness (QED) is 0.0164. The van der Waals surface area contributed by atoms with Crippen molar-refractivity contribution in [1.29, 1.82) is 0 Å². The number of ketones is 1. The third-order valence-corrected chi connectivity index (χ3v) is 35.8. The third-order valence-electron chi connectivity index (χ3n) is 26.1. The van der Waals surface area contributed by atoms with Gasteiger partial charge in [-0.1, -0.05) is 190 Å². The van der Waals surface area contributed by atoms with E-state index >= 15 is 0 Å². The van der Waals surface area contributed by atoms with Crippen LogP contribution in [0.25, 0.3) is 0 Å². The first-order chi connectivity index (χ1) is 58.1. The van der Waals surface area contributed by atoms with Crippen LogP contribution in [0.4, 0.5) is 0 Å². The van der Waals surface area contributed by atoms with Gasteiger partial charge in [0, 0.05) is 35.5 Å². The van der Waals surface area contributed by atoms with Crippen LogP contribution < -0.4 is 0 Å². The van der Waals surface area contributed by atoms with Crippen LogP contribution in [0.2, 0.25) is 0 Å². The zero-order valence-electron chi connectivity index (χ0n) is 69.9. The molecule has 16 unspecified atom stereocenters. The molecule has 6 bridgehead atoms. The number of rotatable bonds is 32. The van der Waals surface area contributed by atoms with Crippen LogP contribution in [0, 0.1) is 64.1 Å². The van der Waals surface area contributed by atoms with Crippen molar-refractivity contribution < 1.29 is 109 Å². The molecule has 6 aromatic rings. The first-order valence-corrected chi connectivity index (χ1v) is 51.2. The van der Waals surface area contributed by atoms with E-state index in [-0.39, 0.29) is 117 Å². The van der Waals surface area contributed by atoms with Crippen LogP contribution in [0.15, 0.2) is 210 Å². The monoisotopic (exact) mass is 1790 g/mol. The topological polar surface area (TPSA) is 381 Å². The number of sulfone groups is 1. The third kappa shape index (κ3) is 23.1. The number of ether oxygens (including phenoxy) is 6. The molecule has 9 aliphatic rings. The standard InChI is InChI=1S/C24H25O2S2.C20H22O11S.C20H38O7S.C18H15S.C10H16O4S/c25-28(26,23-14-8-3-9-15-23)24-18-16-22(17-19-24)27(20-10-4-1-5-11-20)21-12-6-2-7-13-21;21-13(28-14-6-1-8-10(3-6)18(22)30-16(8)14)5-12(32(25,26)27)20(24)29-15-7-2-9-11(4-7)19(23)31-17(9)15;1-5-9-11-16(7-3)14-26-19(21)13-18(28(23,24)25)20(22)27-15-17(8-4)12-10-6-2;1-4-10-16(11-5-1)19(17-12-6-2-7-13-17)18-14-8-3-9-15-18;1-9(2)7-3-4-10(9,8(11)5-7)6-15(12,13)14/h1-2,4-7,10-13,16-19,23H,3,8-9,14-15H2;6-12,14-17H,1-5H2,(H,25,26,27);16-18H,5-15H2,1-4H3,(H,23,24,25);1-15H;7H,3-6H2,1-2H3,(H,12,13,14)/q+1;;;+1;/p-3. The van der Waals surface area contributed by atoms with Gasteiger partial charge in [0.1, 0.15) is 50.4 Å². The Hall–Kier alpha value is -7.81. The molecule has 0 radical (unpaired) electrons. The lowest BCUT2D eigenvalue weighted by Gasteiger charge is -2.37. The van der Waals surface area contributed by atoms with Gasteiger partial charge >= 0.3 is 35.8 Å². The zero-order chi connectivity index (χ0) is 87.9. The molecular formula is C92H113O24S6-. The first-order valence-electron chi connectivity index (χ1n) is 42.7. The molecule has 662 valence electrons. The van der Waals surface area contributed by atoms with E-state index in [0.717, 1.165) is 94.8 Å². The minimum atomic E-state index is -5.22. The Morgan fingerprint density at radius 2 is 0.877 bits per heavy atom. The Kier molecular flexibility index (Phi) is 32.7. The Labute approximate surface area is 724 Å². The second-order valence-corrected chi connectivity index (χ2v) is 44.8. The van der Waals surface area contributed by atoms with E-state index in [0.29, 0.717) is 43.4 Å². The fourth-order valence-electron chi connectivity index (χ4n) is 19.1. The van der Waals surface area contributed by atoms with Gasteiger partial charge in [-0.2, -0.15) is 0 Å². The van der Waals surface area contributed by atoms with E-state index in [1.807, 2.05) is 64.1 Å². The van der Waals surface area contributed by atoms with E-state index in [1.165, 1.54) is 24.5 Å². The lowest BCUT2D eigenvalue weighted by Crippen LogP contribution is -2.43. The van der Waals surface area contributed by atoms with E-state index in [1.54, 1.807) is 0 Å². The normalized spacial score (nSPS) is 25.4. The Bertz CT molecular complexity index is 4890. The largest absolute Gasteiger partial charge is 0.748 e. The molecule has 122 heavy (non-hydrogen) atoms. The highest BCUT2D eigenvalue weighted by Crippen LogP contribution is 2.64. The summed E-state index contributed by atoms with van der Waals surface area (Å²) in [6.45, 7) is 12.1. The molecule has 2 aliphatic heterocycles. The SMILES string of the molecule is CC1(C)C2CCC1(CS(=O)(=O)[O-])C(=O)C2.CCCCC(CC)COC(=O)CC(C(=O)OCC(CC)CCCC)S(=O)(=O)[O-].O=C(CC(C(=O)OC1C2CC3C(=O)OC1C3C2)S(=O)(=O)[O-])OC1C2CC3C(=O)OC1C3C2.O=S(=O)(c1ccc([S+](c2ccccc2)c2ccccc2)cc1)C1CCCCC1.c1ccc([S+](c2ccccc2)c2ccccc2)cc1. The van der Waals surface area contributed by atoms with Crippen LogP contribution in [0.1, 0.15) is 183 Å². The Morgan fingerprint density at radius 1 is 0.484 bits per heavy atom. The number of carbonyl (C=O) groups excluding carboxylic acids is 7. The smallest absolute Gasteiger partial charge is 0.324 e. The van der Waals surface area contributed by atoms with Gasteiger partial charge in [0.05, 0.1) is 85.7 Å². The summed E-state index contributed by atoms with van der Waals surface area (Å²) in [4.78, 5) is 93.0. The average molecular weight is 1800 g/mol. The van der Waals surface area contributed by atoms with Gasteiger partial charge in [0.15, 0.2) is 49.7 Å². The van der Waals surface area contributed by atoms with Gasteiger partial charge in [-0.05, 0) is 172 Å². The predicted molar refractivity (Wildman–Crippen MR) is 454 cm³/mol. The van der Waals surface area contributed by atoms with Crippen molar-refractivity contribution in [2.45, 2.75) is 257 Å². The summed E-state index contributed by atoms with van der Waals surface area (Å²) in [6.07, 6.45) is 11.8. The number of hydrogen-bond donors (Lipinski definition) is 0. The van der Waals surface area contributed by atoms with Gasteiger partial charge in [0.2, 0.25) is 0 Å². The summed E-state index contributed by atoms with van der Waals surface area (Å²) in [7, 11) is -18.1. The molecule has 0 N–H and O–H groups in total. The van der Waals surface area contributed by atoms with Crippen molar-refractivity contribution in [2.24, 2.45) is 64.1 Å². The van der Waals surface area contributed by atoms with Gasteiger partial charge < -0.3 is 42.1 Å². The molecule has 0 aromatic heterocycles. The zero-order valence-corrected chi connectivity index (χ0v) is 74.8. The molecule has 9 fully saturated rings.